The molecule has 1 unspecified atom stereocenters. The Bertz CT molecular complexity index is 370. The quantitative estimate of drug-likeness (QED) is 0.781. The van der Waals surface area contributed by atoms with Gasteiger partial charge in [0.15, 0.2) is 0 Å². The van der Waals surface area contributed by atoms with Gasteiger partial charge >= 0.3 is 0 Å². The van der Waals surface area contributed by atoms with Crippen molar-refractivity contribution in [2.45, 2.75) is 27.3 Å². The van der Waals surface area contributed by atoms with Crippen LogP contribution in [0.2, 0.25) is 0 Å². The Morgan fingerprint density at radius 2 is 2.07 bits per heavy atom. The van der Waals surface area contributed by atoms with Crippen molar-refractivity contribution in [1.82, 2.24) is 4.57 Å². The number of hydrogen-bond acceptors (Lipinski definition) is 2. The van der Waals surface area contributed by atoms with E-state index in [2.05, 4.69) is 26.5 Å². The predicted octanol–water partition coefficient (Wildman–Crippen LogP) is 2.36. The number of thiol groups is 1. The van der Waals surface area contributed by atoms with Gasteiger partial charge in [-0.05, 0) is 30.6 Å². The molecule has 1 heterocycles. The molecule has 1 atom stereocenters. The van der Waals surface area contributed by atoms with E-state index < -0.39 is 0 Å². The van der Waals surface area contributed by atoms with Crippen LogP contribution in [0.25, 0.3) is 0 Å². The molecule has 0 radical (unpaired) electrons. The Morgan fingerprint density at radius 3 is 2.53 bits per heavy atom. The monoisotopic (exact) mass is 225 g/mol. The van der Waals surface area contributed by atoms with E-state index in [0.29, 0.717) is 11.8 Å². The van der Waals surface area contributed by atoms with Crippen LogP contribution in [0.5, 0.6) is 0 Å². The third-order valence-corrected chi connectivity index (χ3v) is 3.33. The molecule has 0 aliphatic carbocycles. The van der Waals surface area contributed by atoms with Gasteiger partial charge in [0.25, 0.3) is 5.56 Å². The summed E-state index contributed by atoms with van der Waals surface area (Å²) in [6.07, 6.45) is 0. The zero-order chi connectivity index (χ0) is 11.4. The number of hydrogen-bond donors (Lipinski definition) is 1. The van der Waals surface area contributed by atoms with Crippen molar-refractivity contribution in [3.05, 3.63) is 34.2 Å². The molecular formula is C12H19NOS. The molecule has 0 aliphatic heterocycles. The van der Waals surface area contributed by atoms with Gasteiger partial charge in [0.2, 0.25) is 0 Å². The second-order valence-corrected chi connectivity index (χ2v) is 4.67. The van der Waals surface area contributed by atoms with Crippen LogP contribution >= 0.6 is 12.6 Å². The van der Waals surface area contributed by atoms with Crippen molar-refractivity contribution in [2.75, 3.05) is 5.75 Å². The van der Waals surface area contributed by atoms with Gasteiger partial charge in [-0.1, -0.05) is 19.9 Å². The maximum atomic E-state index is 11.7. The van der Waals surface area contributed by atoms with Gasteiger partial charge in [0.1, 0.15) is 0 Å². The van der Waals surface area contributed by atoms with Gasteiger partial charge in [0.05, 0.1) is 0 Å². The summed E-state index contributed by atoms with van der Waals surface area (Å²) in [5.41, 5.74) is 1.11. The van der Waals surface area contributed by atoms with E-state index in [9.17, 15) is 4.79 Å². The molecule has 1 aromatic rings. The van der Waals surface area contributed by atoms with Crippen LogP contribution in [0.4, 0.5) is 0 Å². The lowest BCUT2D eigenvalue weighted by molar-refractivity contribution is 0.364. The molecular weight excluding hydrogens is 206 g/mol. The second-order valence-electron chi connectivity index (χ2n) is 4.30. The molecule has 0 amide bonds. The van der Waals surface area contributed by atoms with Gasteiger partial charge in [-0.3, -0.25) is 4.79 Å². The fourth-order valence-electron chi connectivity index (χ4n) is 1.57. The molecule has 0 fully saturated rings. The summed E-state index contributed by atoms with van der Waals surface area (Å²) in [6.45, 7) is 7.08. The van der Waals surface area contributed by atoms with Crippen LogP contribution in [-0.4, -0.2) is 10.3 Å². The molecule has 0 bridgehead atoms. The first-order valence-corrected chi connectivity index (χ1v) is 5.96. The summed E-state index contributed by atoms with van der Waals surface area (Å²) in [7, 11) is 0. The normalized spacial score (nSPS) is 13.1. The van der Waals surface area contributed by atoms with Crippen LogP contribution in [-0.2, 0) is 6.54 Å². The zero-order valence-corrected chi connectivity index (χ0v) is 10.5. The molecule has 0 aliphatic rings. The molecule has 0 spiro atoms. The molecule has 84 valence electrons. The van der Waals surface area contributed by atoms with Gasteiger partial charge in [0, 0.05) is 18.3 Å². The number of nitrogens with zero attached hydrogens (tertiary/aromatic N) is 1. The highest BCUT2D eigenvalue weighted by Gasteiger charge is 2.13. The maximum Gasteiger partial charge on any atom is 0.250 e. The number of pyridine rings is 1. The van der Waals surface area contributed by atoms with Crippen LogP contribution < -0.4 is 5.56 Å². The Labute approximate surface area is 96.7 Å². The van der Waals surface area contributed by atoms with Gasteiger partial charge in [-0.15, -0.1) is 0 Å². The highest BCUT2D eigenvalue weighted by Crippen LogP contribution is 2.14. The lowest BCUT2D eigenvalue weighted by Gasteiger charge is -2.20. The van der Waals surface area contributed by atoms with E-state index in [0.717, 1.165) is 18.0 Å². The van der Waals surface area contributed by atoms with E-state index in [1.54, 1.807) is 12.1 Å². The highest BCUT2D eigenvalue weighted by molar-refractivity contribution is 7.80. The van der Waals surface area contributed by atoms with E-state index in [4.69, 9.17) is 0 Å². The van der Waals surface area contributed by atoms with Gasteiger partial charge < -0.3 is 4.57 Å². The maximum absolute atomic E-state index is 11.7. The molecule has 15 heavy (non-hydrogen) atoms. The Kier molecular flexibility index (Phi) is 4.45. The molecule has 2 nitrogen and oxygen atoms in total. The van der Waals surface area contributed by atoms with Crippen molar-refractivity contribution >= 4 is 12.6 Å². The Balaban J connectivity index is 2.93. The van der Waals surface area contributed by atoms with E-state index in [-0.39, 0.29) is 5.56 Å². The summed E-state index contributed by atoms with van der Waals surface area (Å²) in [5, 5.41) is 0. The van der Waals surface area contributed by atoms with Crippen LogP contribution in [0, 0.1) is 18.8 Å². The molecule has 3 heteroatoms. The Morgan fingerprint density at radius 1 is 1.40 bits per heavy atom. The first kappa shape index (κ1) is 12.4. The fourth-order valence-corrected chi connectivity index (χ4v) is 2.11. The minimum atomic E-state index is 0.0856. The number of aryl methyl sites for hydroxylation is 1. The molecule has 0 saturated heterocycles. The molecule has 1 rings (SSSR count). The summed E-state index contributed by atoms with van der Waals surface area (Å²) < 4.78 is 1.83. The summed E-state index contributed by atoms with van der Waals surface area (Å²) >= 11 is 4.34. The van der Waals surface area contributed by atoms with Crippen LogP contribution in [0.1, 0.15) is 19.5 Å². The summed E-state index contributed by atoms with van der Waals surface area (Å²) in [6, 6.07) is 5.39. The largest absolute Gasteiger partial charge is 0.313 e. The molecule has 1 aromatic heterocycles. The first-order chi connectivity index (χ1) is 7.06. The van der Waals surface area contributed by atoms with Gasteiger partial charge in [-0.25, -0.2) is 0 Å². The van der Waals surface area contributed by atoms with Crippen molar-refractivity contribution < 1.29 is 0 Å². The Hall–Kier alpha value is -0.700. The van der Waals surface area contributed by atoms with Crippen molar-refractivity contribution in [1.29, 1.82) is 0 Å². The van der Waals surface area contributed by atoms with Crippen molar-refractivity contribution in [2.24, 2.45) is 11.8 Å². The zero-order valence-electron chi connectivity index (χ0n) is 9.60. The topological polar surface area (TPSA) is 22.0 Å². The van der Waals surface area contributed by atoms with Crippen LogP contribution in [0.3, 0.4) is 0 Å². The standard InChI is InChI=1S/C12H19NOS/c1-9(2)11(8-15)7-13-10(3)5-4-6-12(13)14/h4-6,9,11,15H,7-8H2,1-3H3. The third-order valence-electron chi connectivity index (χ3n) is 2.86. The second kappa shape index (κ2) is 5.40. The van der Waals surface area contributed by atoms with E-state index in [1.165, 1.54) is 0 Å². The van der Waals surface area contributed by atoms with E-state index in [1.807, 2.05) is 17.6 Å². The fraction of sp³-hybridized carbons (Fsp3) is 0.583. The molecule has 0 N–H and O–H groups in total. The molecule has 0 aromatic carbocycles. The number of aromatic nitrogens is 1. The lowest BCUT2D eigenvalue weighted by atomic mass is 9.97. The van der Waals surface area contributed by atoms with Crippen molar-refractivity contribution in [3.8, 4) is 0 Å². The molecule has 0 saturated carbocycles. The third kappa shape index (κ3) is 3.13. The number of rotatable bonds is 4. The van der Waals surface area contributed by atoms with Gasteiger partial charge in [-0.2, -0.15) is 12.6 Å². The average Bonchev–Trinajstić information content (AvgIpc) is 2.17. The first-order valence-electron chi connectivity index (χ1n) is 5.33. The van der Waals surface area contributed by atoms with E-state index >= 15 is 0 Å². The minimum absolute atomic E-state index is 0.0856. The smallest absolute Gasteiger partial charge is 0.250 e. The SMILES string of the molecule is Cc1cccc(=O)n1CC(CS)C(C)C. The minimum Gasteiger partial charge on any atom is -0.313 e. The predicted molar refractivity (Wildman–Crippen MR) is 67.6 cm³/mol. The summed E-state index contributed by atoms with van der Waals surface area (Å²) in [5.74, 6) is 1.82. The highest BCUT2D eigenvalue weighted by atomic mass is 32.1. The summed E-state index contributed by atoms with van der Waals surface area (Å²) in [4.78, 5) is 11.7. The average molecular weight is 225 g/mol. The van der Waals surface area contributed by atoms with Crippen LogP contribution in [0.15, 0.2) is 23.0 Å². The lowest BCUT2D eigenvalue weighted by Crippen LogP contribution is -2.28. The van der Waals surface area contributed by atoms with Crippen molar-refractivity contribution in [3.63, 3.8) is 0 Å².